The third-order valence-corrected chi connectivity index (χ3v) is 5.36. The topological polar surface area (TPSA) is 68.2 Å². The molecule has 0 aliphatic rings. The van der Waals surface area contributed by atoms with E-state index < -0.39 is 17.0 Å². The zero-order valence-electron chi connectivity index (χ0n) is 17.1. The summed E-state index contributed by atoms with van der Waals surface area (Å²) in [5.74, 6) is -1.37. The van der Waals surface area contributed by atoms with Crippen LogP contribution in [0.25, 0.3) is 10.9 Å². The van der Waals surface area contributed by atoms with E-state index in [1.807, 2.05) is 25.1 Å². The van der Waals surface area contributed by atoms with Crippen LogP contribution >= 0.6 is 11.6 Å². The maximum atomic E-state index is 13.3. The lowest BCUT2D eigenvalue weighted by atomic mass is 10.0. The summed E-state index contributed by atoms with van der Waals surface area (Å²) < 4.78 is 14.8. The summed E-state index contributed by atoms with van der Waals surface area (Å²) >= 11 is 6.09. The number of pyridine rings is 1. The molecule has 4 aromatic rings. The standard InChI is InChI=1S/C25H18ClFN2O3/c1-15-4-2-3-5-21(15)28-23(30)14-29-13-20(24(31)16-6-9-18(27)10-7-16)25(32)19-12-17(26)8-11-22(19)29/h2-13H,14H2,1H3,(H,28,30). The first-order chi connectivity index (χ1) is 15.3. The molecule has 5 nitrogen and oxygen atoms in total. The maximum absolute atomic E-state index is 13.3. The number of nitrogens with one attached hydrogen (secondary N) is 1. The Bertz CT molecular complexity index is 1410. The number of rotatable bonds is 5. The molecular formula is C25H18ClFN2O3. The molecule has 3 aromatic carbocycles. The first-order valence-electron chi connectivity index (χ1n) is 9.82. The van der Waals surface area contributed by atoms with Gasteiger partial charge in [0.2, 0.25) is 11.3 Å². The Labute approximate surface area is 188 Å². The molecule has 1 aromatic heterocycles. The van der Waals surface area contributed by atoms with Crippen molar-refractivity contribution in [1.82, 2.24) is 4.57 Å². The van der Waals surface area contributed by atoms with Gasteiger partial charge in [0.25, 0.3) is 0 Å². The fourth-order valence-electron chi connectivity index (χ4n) is 3.48. The normalized spacial score (nSPS) is 10.8. The van der Waals surface area contributed by atoms with Crippen LogP contribution in [0, 0.1) is 12.7 Å². The number of amides is 1. The van der Waals surface area contributed by atoms with E-state index in [1.54, 1.807) is 18.2 Å². The van der Waals surface area contributed by atoms with E-state index in [9.17, 15) is 18.8 Å². The highest BCUT2D eigenvalue weighted by molar-refractivity contribution is 6.31. The number of benzene rings is 3. The van der Waals surface area contributed by atoms with E-state index in [2.05, 4.69) is 5.32 Å². The van der Waals surface area contributed by atoms with E-state index >= 15 is 0 Å². The minimum Gasteiger partial charge on any atom is -0.337 e. The summed E-state index contributed by atoms with van der Waals surface area (Å²) in [7, 11) is 0. The molecule has 0 radical (unpaired) electrons. The summed E-state index contributed by atoms with van der Waals surface area (Å²) in [5, 5.41) is 3.39. The number of nitrogens with zero attached hydrogens (tertiary/aromatic N) is 1. The number of anilines is 1. The molecular weight excluding hydrogens is 431 g/mol. The maximum Gasteiger partial charge on any atom is 0.244 e. The minimum atomic E-state index is -0.565. The lowest BCUT2D eigenvalue weighted by Crippen LogP contribution is -2.24. The van der Waals surface area contributed by atoms with E-state index in [4.69, 9.17) is 11.6 Å². The number of aromatic nitrogens is 1. The number of carbonyl (C=O) groups is 2. The van der Waals surface area contributed by atoms with E-state index in [0.29, 0.717) is 16.2 Å². The number of fused-ring (bicyclic) bond motifs is 1. The minimum absolute atomic E-state index is 0.129. The van der Waals surface area contributed by atoms with Crippen LogP contribution in [0.2, 0.25) is 5.02 Å². The molecule has 1 heterocycles. The Morgan fingerprint density at radius 3 is 2.47 bits per heavy atom. The van der Waals surface area contributed by atoms with Crippen molar-refractivity contribution in [2.45, 2.75) is 13.5 Å². The quantitative estimate of drug-likeness (QED) is 0.438. The number of carbonyl (C=O) groups excluding carboxylic acids is 2. The molecule has 0 unspecified atom stereocenters. The third-order valence-electron chi connectivity index (χ3n) is 5.13. The molecule has 1 N–H and O–H groups in total. The van der Waals surface area contributed by atoms with Gasteiger partial charge in [0.1, 0.15) is 12.4 Å². The first-order valence-corrected chi connectivity index (χ1v) is 10.2. The van der Waals surface area contributed by atoms with Crippen LogP contribution < -0.4 is 10.7 Å². The Balaban J connectivity index is 1.77. The van der Waals surface area contributed by atoms with Crippen molar-refractivity contribution in [1.29, 1.82) is 0 Å². The van der Waals surface area contributed by atoms with E-state index in [1.165, 1.54) is 29.0 Å². The van der Waals surface area contributed by atoms with Gasteiger partial charge in [-0.05, 0) is 61.0 Å². The smallest absolute Gasteiger partial charge is 0.244 e. The van der Waals surface area contributed by atoms with Gasteiger partial charge in [0.05, 0.1) is 11.1 Å². The van der Waals surface area contributed by atoms with Gasteiger partial charge in [0, 0.05) is 27.9 Å². The fourth-order valence-corrected chi connectivity index (χ4v) is 3.65. The Morgan fingerprint density at radius 2 is 1.75 bits per heavy atom. The molecule has 160 valence electrons. The first kappa shape index (κ1) is 21.5. The molecule has 0 aliphatic heterocycles. The third kappa shape index (κ3) is 4.31. The van der Waals surface area contributed by atoms with Crippen molar-refractivity contribution < 1.29 is 14.0 Å². The summed E-state index contributed by atoms with van der Waals surface area (Å²) in [5.41, 5.74) is 1.58. The number of hydrogen-bond acceptors (Lipinski definition) is 3. The number of ketones is 1. The lowest BCUT2D eigenvalue weighted by Gasteiger charge is -2.14. The Kier molecular flexibility index (Phi) is 5.88. The van der Waals surface area contributed by atoms with Crippen LogP contribution in [-0.4, -0.2) is 16.3 Å². The van der Waals surface area contributed by atoms with Gasteiger partial charge in [-0.2, -0.15) is 0 Å². The van der Waals surface area contributed by atoms with E-state index in [-0.39, 0.29) is 29.0 Å². The molecule has 32 heavy (non-hydrogen) atoms. The summed E-state index contributed by atoms with van der Waals surface area (Å²) in [6.07, 6.45) is 1.36. The van der Waals surface area contributed by atoms with Crippen LogP contribution in [0.1, 0.15) is 21.5 Å². The number of hydrogen-bond donors (Lipinski definition) is 1. The molecule has 1 amide bonds. The predicted molar refractivity (Wildman–Crippen MR) is 123 cm³/mol. The highest BCUT2D eigenvalue weighted by atomic mass is 35.5. The van der Waals surface area contributed by atoms with Gasteiger partial charge >= 0.3 is 0 Å². The van der Waals surface area contributed by atoms with Gasteiger partial charge in [-0.15, -0.1) is 0 Å². The average Bonchev–Trinajstić information content (AvgIpc) is 2.77. The number of para-hydroxylation sites is 1. The molecule has 0 aliphatic carbocycles. The second-order valence-electron chi connectivity index (χ2n) is 7.36. The Hall–Kier alpha value is -3.77. The molecule has 0 spiro atoms. The lowest BCUT2D eigenvalue weighted by molar-refractivity contribution is -0.116. The fraction of sp³-hybridized carbons (Fsp3) is 0.0800. The summed E-state index contributed by atoms with van der Waals surface area (Å²) in [6, 6.07) is 17.0. The van der Waals surface area contributed by atoms with Crippen molar-refractivity contribution >= 4 is 39.9 Å². The highest BCUT2D eigenvalue weighted by Gasteiger charge is 2.19. The molecule has 0 saturated heterocycles. The van der Waals surface area contributed by atoms with Crippen LogP contribution in [0.4, 0.5) is 10.1 Å². The molecule has 4 rings (SSSR count). The SMILES string of the molecule is Cc1ccccc1NC(=O)Cn1cc(C(=O)c2ccc(F)cc2)c(=O)c2cc(Cl)ccc21. The zero-order valence-corrected chi connectivity index (χ0v) is 17.8. The predicted octanol–water partition coefficient (Wildman–Crippen LogP) is 4.97. The van der Waals surface area contributed by atoms with Crippen molar-refractivity contribution in [3.8, 4) is 0 Å². The van der Waals surface area contributed by atoms with Gasteiger partial charge in [-0.3, -0.25) is 14.4 Å². The molecule has 0 atom stereocenters. The molecule has 7 heteroatoms. The Morgan fingerprint density at radius 1 is 1.03 bits per heavy atom. The van der Waals surface area contributed by atoms with Crippen LogP contribution in [0.5, 0.6) is 0 Å². The van der Waals surface area contributed by atoms with E-state index in [0.717, 1.165) is 17.7 Å². The second kappa shape index (κ2) is 8.77. The van der Waals surface area contributed by atoms with Crippen molar-refractivity contribution in [2.75, 3.05) is 5.32 Å². The molecule has 0 saturated carbocycles. The molecule has 0 bridgehead atoms. The van der Waals surface area contributed by atoms with Gasteiger partial charge in [-0.25, -0.2) is 4.39 Å². The summed E-state index contributed by atoms with van der Waals surface area (Å²) in [6.45, 7) is 1.75. The van der Waals surface area contributed by atoms with Crippen molar-refractivity contribution in [3.63, 3.8) is 0 Å². The zero-order chi connectivity index (χ0) is 22.8. The molecule has 0 fully saturated rings. The van der Waals surface area contributed by atoms with Crippen LogP contribution in [0.3, 0.4) is 0 Å². The number of aryl methyl sites for hydroxylation is 1. The average molecular weight is 449 g/mol. The highest BCUT2D eigenvalue weighted by Crippen LogP contribution is 2.20. The monoisotopic (exact) mass is 448 g/mol. The van der Waals surface area contributed by atoms with Gasteiger partial charge < -0.3 is 9.88 Å². The van der Waals surface area contributed by atoms with Crippen molar-refractivity contribution in [2.24, 2.45) is 0 Å². The van der Waals surface area contributed by atoms with Crippen LogP contribution in [-0.2, 0) is 11.3 Å². The van der Waals surface area contributed by atoms with Crippen molar-refractivity contribution in [3.05, 3.63) is 111 Å². The second-order valence-corrected chi connectivity index (χ2v) is 7.80. The van der Waals surface area contributed by atoms with Gasteiger partial charge in [-0.1, -0.05) is 29.8 Å². The summed E-state index contributed by atoms with van der Waals surface area (Å²) in [4.78, 5) is 38.8. The van der Waals surface area contributed by atoms with Crippen LogP contribution in [0.15, 0.2) is 77.7 Å². The largest absolute Gasteiger partial charge is 0.337 e. The van der Waals surface area contributed by atoms with Gasteiger partial charge in [0.15, 0.2) is 5.78 Å². The number of halogens is 2.